The highest BCUT2D eigenvalue weighted by molar-refractivity contribution is 5.88. The second kappa shape index (κ2) is 10.4. The number of carbonyl (C=O) groups excluding carboxylic acids is 2. The molecule has 0 unspecified atom stereocenters. The Labute approximate surface area is 181 Å². The molecule has 3 rings (SSSR count). The minimum Gasteiger partial charge on any atom is -0.481 e. The minimum atomic E-state index is -0.952. The summed E-state index contributed by atoms with van der Waals surface area (Å²) in [5, 5.41) is 11.3. The van der Waals surface area contributed by atoms with E-state index < -0.39 is 12.1 Å². The first-order chi connectivity index (χ1) is 15.0. The van der Waals surface area contributed by atoms with Gasteiger partial charge in [0.15, 0.2) is 0 Å². The van der Waals surface area contributed by atoms with Crippen LogP contribution in [0.3, 0.4) is 0 Å². The van der Waals surface area contributed by atoms with Gasteiger partial charge in [-0.05, 0) is 29.2 Å². The zero-order valence-corrected chi connectivity index (χ0v) is 17.4. The standard InChI is InChI=1S/C24H26N2O5/c1-2-26(15-13-23(28)29)22(27)12-7-14-25-24(30)31-16-21-19-10-5-3-8-17(19)18-9-4-6-11-20(18)21/h3-12,21H,2,13-16H2,1H3,(H,25,30)(H,28,29)/b12-7+. The molecule has 2 N–H and O–H groups in total. The van der Waals surface area contributed by atoms with E-state index in [-0.39, 0.29) is 37.9 Å². The number of rotatable bonds is 9. The van der Waals surface area contributed by atoms with Crippen LogP contribution < -0.4 is 5.32 Å². The molecule has 0 fully saturated rings. The monoisotopic (exact) mass is 422 g/mol. The first kappa shape index (κ1) is 22.1. The smallest absolute Gasteiger partial charge is 0.407 e. The normalized spacial score (nSPS) is 12.3. The van der Waals surface area contributed by atoms with E-state index in [0.717, 1.165) is 22.3 Å². The van der Waals surface area contributed by atoms with Gasteiger partial charge < -0.3 is 20.1 Å². The molecule has 1 aliphatic rings. The third kappa shape index (κ3) is 5.51. The first-order valence-corrected chi connectivity index (χ1v) is 10.3. The Bertz CT molecular complexity index is 940. The molecule has 1 aliphatic carbocycles. The van der Waals surface area contributed by atoms with E-state index in [9.17, 15) is 14.4 Å². The molecule has 0 bridgehead atoms. The Hall–Kier alpha value is -3.61. The van der Waals surface area contributed by atoms with Crippen LogP contribution in [0.25, 0.3) is 11.1 Å². The molecule has 0 radical (unpaired) electrons. The summed E-state index contributed by atoms with van der Waals surface area (Å²) < 4.78 is 5.44. The number of nitrogens with one attached hydrogen (secondary N) is 1. The molecule has 0 heterocycles. The van der Waals surface area contributed by atoms with Crippen molar-refractivity contribution in [3.05, 3.63) is 71.8 Å². The summed E-state index contributed by atoms with van der Waals surface area (Å²) in [5.41, 5.74) is 4.61. The summed E-state index contributed by atoms with van der Waals surface area (Å²) >= 11 is 0. The maximum atomic E-state index is 12.1. The van der Waals surface area contributed by atoms with E-state index in [1.54, 1.807) is 6.92 Å². The van der Waals surface area contributed by atoms with Crippen LogP contribution >= 0.6 is 0 Å². The van der Waals surface area contributed by atoms with Crippen molar-refractivity contribution in [3.8, 4) is 11.1 Å². The third-order valence-corrected chi connectivity index (χ3v) is 5.26. The van der Waals surface area contributed by atoms with Crippen LogP contribution in [-0.2, 0) is 14.3 Å². The number of amides is 2. The molecule has 2 aromatic carbocycles. The van der Waals surface area contributed by atoms with Crippen LogP contribution in [0.4, 0.5) is 4.79 Å². The van der Waals surface area contributed by atoms with E-state index in [2.05, 4.69) is 29.6 Å². The summed E-state index contributed by atoms with van der Waals surface area (Å²) in [6, 6.07) is 16.2. The number of benzene rings is 2. The number of ether oxygens (including phenoxy) is 1. The number of aliphatic carboxylic acids is 1. The molecule has 7 heteroatoms. The lowest BCUT2D eigenvalue weighted by Crippen LogP contribution is -2.31. The van der Waals surface area contributed by atoms with Gasteiger partial charge in [0.05, 0.1) is 6.42 Å². The lowest BCUT2D eigenvalue weighted by atomic mass is 9.98. The van der Waals surface area contributed by atoms with Crippen LogP contribution in [0.2, 0.25) is 0 Å². The van der Waals surface area contributed by atoms with Crippen molar-refractivity contribution in [2.24, 2.45) is 0 Å². The molecule has 0 aliphatic heterocycles. The maximum Gasteiger partial charge on any atom is 0.407 e. The number of carboxylic acids is 1. The van der Waals surface area contributed by atoms with Crippen molar-refractivity contribution < 1.29 is 24.2 Å². The highest BCUT2D eigenvalue weighted by Gasteiger charge is 2.28. The van der Waals surface area contributed by atoms with E-state index in [0.29, 0.717) is 6.54 Å². The molecule has 2 amide bonds. The summed E-state index contributed by atoms with van der Waals surface area (Å²) in [6.45, 7) is 2.70. The van der Waals surface area contributed by atoms with E-state index in [4.69, 9.17) is 9.84 Å². The number of fused-ring (bicyclic) bond motifs is 3. The Morgan fingerprint density at radius 3 is 2.26 bits per heavy atom. The second-order valence-electron chi connectivity index (χ2n) is 7.17. The lowest BCUT2D eigenvalue weighted by molar-refractivity contribution is -0.137. The van der Waals surface area contributed by atoms with Gasteiger partial charge >= 0.3 is 12.1 Å². The van der Waals surface area contributed by atoms with Crippen molar-refractivity contribution in [2.45, 2.75) is 19.3 Å². The predicted octanol–water partition coefficient (Wildman–Crippen LogP) is 3.40. The van der Waals surface area contributed by atoms with Gasteiger partial charge in [0.2, 0.25) is 5.91 Å². The van der Waals surface area contributed by atoms with Gasteiger partial charge in [-0.15, -0.1) is 0 Å². The summed E-state index contributed by atoms with van der Waals surface area (Å²) in [4.78, 5) is 36.3. The molecule has 0 saturated heterocycles. The minimum absolute atomic E-state index is 0.0115. The van der Waals surface area contributed by atoms with Gasteiger partial charge in [0, 0.05) is 31.6 Å². The molecular formula is C24H26N2O5. The zero-order chi connectivity index (χ0) is 22.2. The molecule has 2 aromatic rings. The fourth-order valence-electron chi connectivity index (χ4n) is 3.71. The average Bonchev–Trinajstić information content (AvgIpc) is 3.09. The number of carbonyl (C=O) groups is 3. The Kier molecular flexibility index (Phi) is 7.43. The topological polar surface area (TPSA) is 95.9 Å². The molecule has 0 atom stereocenters. The van der Waals surface area contributed by atoms with Crippen molar-refractivity contribution in [2.75, 3.05) is 26.2 Å². The van der Waals surface area contributed by atoms with Gasteiger partial charge in [-0.25, -0.2) is 4.79 Å². The Balaban J connectivity index is 1.48. The maximum absolute atomic E-state index is 12.1. The van der Waals surface area contributed by atoms with Gasteiger partial charge in [-0.3, -0.25) is 9.59 Å². The van der Waals surface area contributed by atoms with Crippen molar-refractivity contribution in [3.63, 3.8) is 0 Å². The van der Waals surface area contributed by atoms with Crippen LogP contribution in [0.1, 0.15) is 30.4 Å². The molecular weight excluding hydrogens is 396 g/mol. The predicted molar refractivity (Wildman–Crippen MR) is 117 cm³/mol. The number of alkyl carbamates (subject to hydrolysis) is 1. The van der Waals surface area contributed by atoms with Crippen LogP contribution in [0, 0.1) is 0 Å². The first-order valence-electron chi connectivity index (χ1n) is 10.3. The molecule has 31 heavy (non-hydrogen) atoms. The van der Waals surface area contributed by atoms with E-state index in [1.165, 1.54) is 17.1 Å². The number of nitrogens with zero attached hydrogens (tertiary/aromatic N) is 1. The van der Waals surface area contributed by atoms with E-state index >= 15 is 0 Å². The zero-order valence-electron chi connectivity index (χ0n) is 17.4. The number of carboxylic acid groups (broad SMARTS) is 1. The molecule has 162 valence electrons. The highest BCUT2D eigenvalue weighted by Crippen LogP contribution is 2.44. The van der Waals surface area contributed by atoms with Crippen molar-refractivity contribution in [1.29, 1.82) is 0 Å². The number of hydrogen-bond acceptors (Lipinski definition) is 4. The van der Waals surface area contributed by atoms with Crippen LogP contribution in [0.5, 0.6) is 0 Å². The van der Waals surface area contributed by atoms with Crippen LogP contribution in [-0.4, -0.2) is 54.2 Å². The SMILES string of the molecule is CCN(CCC(=O)O)C(=O)/C=C/CNC(=O)OCC1c2ccccc2-c2ccccc21. The summed E-state index contributed by atoms with van der Waals surface area (Å²) in [6.07, 6.45) is 2.19. The van der Waals surface area contributed by atoms with Gasteiger partial charge in [-0.1, -0.05) is 54.6 Å². The van der Waals surface area contributed by atoms with Gasteiger partial charge in [0.1, 0.15) is 6.61 Å². The van der Waals surface area contributed by atoms with Crippen molar-refractivity contribution >= 4 is 18.0 Å². The quantitative estimate of drug-likeness (QED) is 0.604. The molecule has 0 saturated carbocycles. The van der Waals surface area contributed by atoms with Crippen molar-refractivity contribution in [1.82, 2.24) is 10.2 Å². The summed E-state index contributed by atoms with van der Waals surface area (Å²) in [7, 11) is 0. The lowest BCUT2D eigenvalue weighted by Gasteiger charge is -2.17. The van der Waals surface area contributed by atoms with E-state index in [1.807, 2.05) is 24.3 Å². The second-order valence-corrected chi connectivity index (χ2v) is 7.17. The largest absolute Gasteiger partial charge is 0.481 e. The highest BCUT2D eigenvalue weighted by atomic mass is 16.5. The Morgan fingerprint density at radius 1 is 1.06 bits per heavy atom. The fourth-order valence-corrected chi connectivity index (χ4v) is 3.71. The van der Waals surface area contributed by atoms with Gasteiger partial charge in [-0.2, -0.15) is 0 Å². The number of hydrogen-bond donors (Lipinski definition) is 2. The summed E-state index contributed by atoms with van der Waals surface area (Å²) in [5.74, 6) is -1.26. The average molecular weight is 422 g/mol. The fraction of sp³-hybridized carbons (Fsp3) is 0.292. The van der Waals surface area contributed by atoms with Crippen LogP contribution in [0.15, 0.2) is 60.7 Å². The Morgan fingerprint density at radius 2 is 1.68 bits per heavy atom. The third-order valence-electron chi connectivity index (χ3n) is 5.26. The number of likely N-dealkylation sites (N-methyl/N-ethyl adjacent to an activating group) is 1. The van der Waals surface area contributed by atoms with Gasteiger partial charge in [0.25, 0.3) is 0 Å². The molecule has 0 aromatic heterocycles. The molecule has 0 spiro atoms. The molecule has 7 nitrogen and oxygen atoms in total.